The van der Waals surface area contributed by atoms with Crippen LogP contribution in [0.4, 0.5) is 5.69 Å². The third kappa shape index (κ3) is 3.94. The van der Waals surface area contributed by atoms with Crippen molar-refractivity contribution in [1.29, 1.82) is 0 Å². The van der Waals surface area contributed by atoms with Crippen molar-refractivity contribution in [1.82, 2.24) is 4.98 Å². The number of pyridine rings is 1. The Morgan fingerprint density at radius 2 is 2.32 bits per heavy atom. The second-order valence-corrected chi connectivity index (χ2v) is 5.60. The first-order valence-corrected chi connectivity index (χ1v) is 6.91. The minimum Gasteiger partial charge on any atom is -0.464 e. The summed E-state index contributed by atoms with van der Waals surface area (Å²) in [6.45, 7) is 0.765. The van der Waals surface area contributed by atoms with Gasteiger partial charge in [-0.25, -0.2) is 9.78 Å². The molecule has 0 aliphatic rings. The molecule has 0 fully saturated rings. The molecule has 19 heavy (non-hydrogen) atoms. The lowest BCUT2D eigenvalue weighted by Gasteiger charge is -2.06. The smallest absolute Gasteiger partial charge is 0.356 e. The maximum atomic E-state index is 11.3. The molecule has 1 N–H and O–H groups in total. The zero-order valence-corrected chi connectivity index (χ0v) is 11.9. The van der Waals surface area contributed by atoms with E-state index >= 15 is 0 Å². The molecule has 2 heterocycles. The zero-order valence-electron chi connectivity index (χ0n) is 10.4. The Balaban J connectivity index is 1.90. The third-order valence-corrected chi connectivity index (χ3v) is 3.77. The van der Waals surface area contributed by atoms with Gasteiger partial charge in [-0.05, 0) is 30.7 Å². The average molecular weight is 297 g/mol. The molecule has 2 rings (SSSR count). The largest absolute Gasteiger partial charge is 0.464 e. The summed E-state index contributed by atoms with van der Waals surface area (Å²) in [6.07, 6.45) is 2.46. The first kappa shape index (κ1) is 13.8. The van der Waals surface area contributed by atoms with Crippen molar-refractivity contribution in [2.75, 3.05) is 19.0 Å². The van der Waals surface area contributed by atoms with Gasteiger partial charge in [-0.1, -0.05) is 11.6 Å². The fraction of sp³-hybridized carbons (Fsp3) is 0.231. The lowest BCUT2D eigenvalue weighted by atomic mass is 10.3. The zero-order chi connectivity index (χ0) is 13.7. The topological polar surface area (TPSA) is 51.2 Å². The highest BCUT2D eigenvalue weighted by Crippen LogP contribution is 2.21. The maximum absolute atomic E-state index is 11.3. The molecule has 0 radical (unpaired) electrons. The van der Waals surface area contributed by atoms with E-state index in [0.717, 1.165) is 23.0 Å². The molecule has 0 saturated carbocycles. The van der Waals surface area contributed by atoms with E-state index in [1.165, 1.54) is 12.0 Å². The molecule has 100 valence electrons. The van der Waals surface area contributed by atoms with Crippen LogP contribution in [-0.4, -0.2) is 24.6 Å². The van der Waals surface area contributed by atoms with Crippen molar-refractivity contribution in [2.24, 2.45) is 0 Å². The Kier molecular flexibility index (Phi) is 4.76. The Labute approximate surface area is 120 Å². The number of anilines is 1. The molecule has 0 aliphatic carbocycles. The molecular formula is C13H13ClN2O2S. The van der Waals surface area contributed by atoms with Crippen molar-refractivity contribution in [3.8, 4) is 0 Å². The van der Waals surface area contributed by atoms with Crippen LogP contribution >= 0.6 is 22.9 Å². The summed E-state index contributed by atoms with van der Waals surface area (Å²) in [4.78, 5) is 16.5. The van der Waals surface area contributed by atoms with Crippen molar-refractivity contribution >= 4 is 34.6 Å². The summed E-state index contributed by atoms with van der Waals surface area (Å²) >= 11 is 7.44. The number of carbonyl (C=O) groups excluding carboxylic acids is 1. The van der Waals surface area contributed by atoms with Crippen LogP contribution in [0.1, 0.15) is 15.4 Å². The van der Waals surface area contributed by atoms with Gasteiger partial charge in [-0.15, -0.1) is 11.3 Å². The number of esters is 1. The van der Waals surface area contributed by atoms with Gasteiger partial charge in [0.05, 0.1) is 11.4 Å². The number of rotatable bonds is 5. The molecule has 2 aromatic heterocycles. The van der Waals surface area contributed by atoms with Crippen LogP contribution in [0.15, 0.2) is 30.5 Å². The van der Waals surface area contributed by atoms with Gasteiger partial charge in [0.25, 0.3) is 0 Å². The molecule has 4 nitrogen and oxygen atoms in total. The van der Waals surface area contributed by atoms with Crippen LogP contribution in [0, 0.1) is 0 Å². The highest BCUT2D eigenvalue weighted by Gasteiger charge is 2.07. The fourth-order valence-corrected chi connectivity index (χ4v) is 2.66. The van der Waals surface area contributed by atoms with E-state index in [-0.39, 0.29) is 0 Å². The Hall–Kier alpha value is -1.59. The van der Waals surface area contributed by atoms with Crippen molar-refractivity contribution in [3.05, 3.63) is 45.4 Å². The van der Waals surface area contributed by atoms with Crippen molar-refractivity contribution in [2.45, 2.75) is 6.42 Å². The summed E-state index contributed by atoms with van der Waals surface area (Å²) in [6, 6.07) is 7.39. The van der Waals surface area contributed by atoms with Gasteiger partial charge in [0.1, 0.15) is 5.69 Å². The van der Waals surface area contributed by atoms with E-state index in [1.54, 1.807) is 23.6 Å². The van der Waals surface area contributed by atoms with Gasteiger partial charge in [-0.2, -0.15) is 0 Å². The number of thiophene rings is 1. The van der Waals surface area contributed by atoms with Crippen LogP contribution < -0.4 is 5.32 Å². The first-order valence-electron chi connectivity index (χ1n) is 5.71. The molecule has 6 heteroatoms. The van der Waals surface area contributed by atoms with Crippen LogP contribution in [0.5, 0.6) is 0 Å². The lowest BCUT2D eigenvalue weighted by Crippen LogP contribution is -2.07. The predicted octanol–water partition coefficient (Wildman–Crippen LogP) is 3.24. The molecule has 0 aromatic carbocycles. The van der Waals surface area contributed by atoms with Crippen molar-refractivity contribution in [3.63, 3.8) is 0 Å². The number of hydrogen-bond donors (Lipinski definition) is 1. The number of halogens is 1. The Morgan fingerprint density at radius 1 is 1.47 bits per heavy atom. The number of methoxy groups -OCH3 is 1. The first-order chi connectivity index (χ1) is 9.19. The van der Waals surface area contributed by atoms with Gasteiger partial charge in [0, 0.05) is 23.3 Å². The van der Waals surface area contributed by atoms with E-state index in [2.05, 4.69) is 15.0 Å². The van der Waals surface area contributed by atoms with E-state index in [9.17, 15) is 4.79 Å². The van der Waals surface area contributed by atoms with E-state index in [1.807, 2.05) is 18.2 Å². The summed E-state index contributed by atoms with van der Waals surface area (Å²) in [5.74, 6) is -0.436. The summed E-state index contributed by atoms with van der Waals surface area (Å²) in [5.41, 5.74) is 1.14. The standard InChI is InChI=1S/C13H13ClN2O2S/c1-18-13(17)11-8-9(4-6-16-11)15-7-5-10-2-3-12(14)19-10/h2-4,6,8H,5,7H2,1H3,(H,15,16). The molecule has 0 amide bonds. The molecule has 0 bridgehead atoms. The number of ether oxygens (including phenoxy) is 1. The number of nitrogens with zero attached hydrogens (tertiary/aromatic N) is 1. The van der Waals surface area contributed by atoms with Gasteiger partial charge < -0.3 is 10.1 Å². The maximum Gasteiger partial charge on any atom is 0.356 e. The molecule has 0 aliphatic heterocycles. The van der Waals surface area contributed by atoms with E-state index < -0.39 is 5.97 Å². The van der Waals surface area contributed by atoms with Gasteiger partial charge in [-0.3, -0.25) is 0 Å². The van der Waals surface area contributed by atoms with Gasteiger partial charge in [0.15, 0.2) is 0 Å². The molecule has 0 atom stereocenters. The molecule has 2 aromatic rings. The third-order valence-electron chi connectivity index (χ3n) is 2.48. The quantitative estimate of drug-likeness (QED) is 0.861. The predicted molar refractivity (Wildman–Crippen MR) is 77.1 cm³/mol. The minimum absolute atomic E-state index is 0.298. The molecular weight excluding hydrogens is 284 g/mol. The average Bonchev–Trinajstić information content (AvgIpc) is 2.84. The van der Waals surface area contributed by atoms with Gasteiger partial charge >= 0.3 is 5.97 Å². The van der Waals surface area contributed by atoms with Gasteiger partial charge in [0.2, 0.25) is 0 Å². The summed E-state index contributed by atoms with van der Waals surface area (Å²) in [7, 11) is 1.34. The fourth-order valence-electron chi connectivity index (χ4n) is 1.57. The monoisotopic (exact) mass is 296 g/mol. The van der Waals surface area contributed by atoms with Crippen molar-refractivity contribution < 1.29 is 9.53 Å². The Morgan fingerprint density at radius 3 is 3.00 bits per heavy atom. The molecule has 0 saturated heterocycles. The van der Waals surface area contributed by atoms with Crippen LogP contribution in [0.25, 0.3) is 0 Å². The SMILES string of the molecule is COC(=O)c1cc(NCCc2ccc(Cl)s2)ccn1. The van der Waals surface area contributed by atoms with Crippen LogP contribution in [0.2, 0.25) is 4.34 Å². The number of hydrogen-bond acceptors (Lipinski definition) is 5. The lowest BCUT2D eigenvalue weighted by molar-refractivity contribution is 0.0594. The van der Waals surface area contributed by atoms with E-state index in [0.29, 0.717) is 5.69 Å². The summed E-state index contributed by atoms with van der Waals surface area (Å²) in [5, 5.41) is 3.24. The van der Waals surface area contributed by atoms with Crippen LogP contribution in [-0.2, 0) is 11.2 Å². The number of carbonyl (C=O) groups is 1. The highest BCUT2D eigenvalue weighted by molar-refractivity contribution is 7.16. The summed E-state index contributed by atoms with van der Waals surface area (Å²) < 4.78 is 5.42. The van der Waals surface area contributed by atoms with E-state index in [4.69, 9.17) is 11.6 Å². The second kappa shape index (κ2) is 6.54. The Bertz CT molecular complexity index is 571. The highest BCUT2D eigenvalue weighted by atomic mass is 35.5. The number of aromatic nitrogens is 1. The van der Waals surface area contributed by atoms with Crippen LogP contribution in [0.3, 0.4) is 0 Å². The molecule has 0 spiro atoms. The second-order valence-electron chi connectivity index (χ2n) is 3.80. The normalized spacial score (nSPS) is 10.2. The molecule has 0 unspecified atom stereocenters. The minimum atomic E-state index is -0.436. The number of nitrogens with one attached hydrogen (secondary N) is 1.